The zero-order chi connectivity index (χ0) is 20.4. The molecule has 0 aliphatic heterocycles. The van der Waals surface area contributed by atoms with Crippen LogP contribution >= 0.6 is 12.2 Å². The number of thiocarbonyl (C=S) groups is 1. The molecule has 0 saturated heterocycles. The number of hydrazine groups is 1. The van der Waals surface area contributed by atoms with Gasteiger partial charge in [0.25, 0.3) is 5.91 Å². The molecule has 3 N–H and O–H groups in total. The van der Waals surface area contributed by atoms with Crippen molar-refractivity contribution >= 4 is 35.0 Å². The van der Waals surface area contributed by atoms with Crippen LogP contribution in [0.5, 0.6) is 0 Å². The predicted molar refractivity (Wildman–Crippen MR) is 109 cm³/mol. The van der Waals surface area contributed by atoms with Crippen molar-refractivity contribution in [3.63, 3.8) is 0 Å². The van der Waals surface area contributed by atoms with Gasteiger partial charge in [0, 0.05) is 38.6 Å². The van der Waals surface area contributed by atoms with Crippen LogP contribution in [0.25, 0.3) is 0 Å². The van der Waals surface area contributed by atoms with Crippen LogP contribution in [0.15, 0.2) is 24.3 Å². The minimum absolute atomic E-state index is 0.317. The zero-order valence-corrected chi connectivity index (χ0v) is 17.2. The molecule has 1 rings (SSSR count). The molecule has 0 aliphatic rings. The van der Waals surface area contributed by atoms with Crippen molar-refractivity contribution in [2.24, 2.45) is 0 Å². The fraction of sp³-hybridized carbons (Fsp3) is 0.500. The number of carbonyl (C=O) groups excluding carboxylic acids is 2. The SMILES string of the molecule is COCCCNC(=S)N(C)NC(=O)c1ccc(NC(=O)OC(C)(C)C)cc1. The summed E-state index contributed by atoms with van der Waals surface area (Å²) in [5.41, 5.74) is 3.06. The topological polar surface area (TPSA) is 91.9 Å². The van der Waals surface area contributed by atoms with Crippen LogP contribution in [-0.2, 0) is 9.47 Å². The lowest BCUT2D eigenvalue weighted by Gasteiger charge is -2.22. The summed E-state index contributed by atoms with van der Waals surface area (Å²) in [6, 6.07) is 6.45. The van der Waals surface area contributed by atoms with E-state index >= 15 is 0 Å². The van der Waals surface area contributed by atoms with Gasteiger partial charge in [-0.2, -0.15) is 0 Å². The van der Waals surface area contributed by atoms with Crippen molar-refractivity contribution in [2.75, 3.05) is 32.6 Å². The van der Waals surface area contributed by atoms with Crippen LogP contribution in [0.3, 0.4) is 0 Å². The van der Waals surface area contributed by atoms with Crippen molar-refractivity contribution in [3.8, 4) is 0 Å². The molecule has 0 unspecified atom stereocenters. The molecule has 2 amide bonds. The number of amides is 2. The fourth-order valence-electron chi connectivity index (χ4n) is 1.92. The second-order valence-electron chi connectivity index (χ2n) is 6.78. The van der Waals surface area contributed by atoms with Crippen molar-refractivity contribution < 1.29 is 19.1 Å². The molecule has 0 fully saturated rings. The molecular weight excluding hydrogens is 368 g/mol. The fourth-order valence-corrected chi connectivity index (χ4v) is 2.07. The number of nitrogens with one attached hydrogen (secondary N) is 3. The van der Waals surface area contributed by atoms with Crippen LogP contribution < -0.4 is 16.1 Å². The third-order valence-corrected chi connectivity index (χ3v) is 3.59. The Morgan fingerprint density at radius 3 is 2.37 bits per heavy atom. The van der Waals surface area contributed by atoms with Gasteiger partial charge in [0.1, 0.15) is 5.60 Å². The minimum atomic E-state index is -0.579. The summed E-state index contributed by atoms with van der Waals surface area (Å²) in [7, 11) is 3.29. The minimum Gasteiger partial charge on any atom is -0.444 e. The standard InChI is InChI=1S/C18H28N4O4S/c1-18(2,3)26-17(24)20-14-9-7-13(8-10-14)15(23)21-22(4)16(27)19-11-6-12-25-5/h7-10H,6,11-12H2,1-5H3,(H,19,27)(H,20,24)(H,21,23). The molecule has 27 heavy (non-hydrogen) atoms. The largest absolute Gasteiger partial charge is 0.444 e. The van der Waals surface area contributed by atoms with Gasteiger partial charge in [-0.3, -0.25) is 20.5 Å². The van der Waals surface area contributed by atoms with Crippen molar-refractivity contribution in [2.45, 2.75) is 32.8 Å². The Morgan fingerprint density at radius 1 is 1.19 bits per heavy atom. The number of anilines is 1. The number of hydrogen-bond acceptors (Lipinski definition) is 5. The van der Waals surface area contributed by atoms with Gasteiger partial charge < -0.3 is 14.8 Å². The van der Waals surface area contributed by atoms with E-state index in [2.05, 4.69) is 16.1 Å². The summed E-state index contributed by atoms with van der Waals surface area (Å²) in [5, 5.41) is 7.48. The summed E-state index contributed by atoms with van der Waals surface area (Å²) < 4.78 is 10.1. The molecule has 0 saturated carbocycles. The average Bonchev–Trinajstić information content (AvgIpc) is 2.57. The van der Waals surface area contributed by atoms with Crippen LogP contribution in [-0.4, -0.2) is 55.0 Å². The Morgan fingerprint density at radius 2 is 1.81 bits per heavy atom. The van der Waals surface area contributed by atoms with Crippen LogP contribution in [0.1, 0.15) is 37.6 Å². The Kier molecular flexibility index (Phi) is 8.96. The highest BCUT2D eigenvalue weighted by Crippen LogP contribution is 2.13. The van der Waals surface area contributed by atoms with Gasteiger partial charge in [0.2, 0.25) is 0 Å². The lowest BCUT2D eigenvalue weighted by atomic mass is 10.2. The Bertz CT molecular complexity index is 644. The van der Waals surface area contributed by atoms with Gasteiger partial charge in [-0.15, -0.1) is 0 Å². The first-order valence-electron chi connectivity index (χ1n) is 8.54. The molecule has 0 atom stereocenters. The molecule has 1 aromatic rings. The Labute approximate surface area is 165 Å². The maximum absolute atomic E-state index is 12.3. The predicted octanol–water partition coefficient (Wildman–Crippen LogP) is 2.52. The first-order chi connectivity index (χ1) is 12.6. The van der Waals surface area contributed by atoms with E-state index in [1.807, 2.05) is 0 Å². The van der Waals surface area contributed by atoms with E-state index in [4.69, 9.17) is 21.7 Å². The van der Waals surface area contributed by atoms with Gasteiger partial charge in [0.05, 0.1) is 0 Å². The number of benzene rings is 1. The van der Waals surface area contributed by atoms with E-state index in [-0.39, 0.29) is 5.91 Å². The van der Waals surface area contributed by atoms with Crippen LogP contribution in [0.2, 0.25) is 0 Å². The molecule has 150 valence electrons. The molecule has 9 heteroatoms. The van der Waals surface area contributed by atoms with Crippen molar-refractivity contribution in [1.29, 1.82) is 0 Å². The summed E-state index contributed by atoms with van der Waals surface area (Å²) in [6.07, 6.45) is 0.259. The number of rotatable bonds is 6. The maximum atomic E-state index is 12.3. The van der Waals surface area contributed by atoms with Gasteiger partial charge in [0.15, 0.2) is 5.11 Å². The van der Waals surface area contributed by atoms with Crippen LogP contribution in [0, 0.1) is 0 Å². The molecule has 0 spiro atoms. The van der Waals surface area contributed by atoms with Crippen molar-refractivity contribution in [3.05, 3.63) is 29.8 Å². The zero-order valence-electron chi connectivity index (χ0n) is 16.4. The molecular formula is C18H28N4O4S. The number of hydrogen-bond donors (Lipinski definition) is 3. The second-order valence-corrected chi connectivity index (χ2v) is 7.17. The number of ether oxygens (including phenoxy) is 2. The molecule has 0 aromatic heterocycles. The summed E-state index contributed by atoms with van der Waals surface area (Å²) in [6.45, 7) is 6.64. The van der Waals surface area contributed by atoms with Gasteiger partial charge in [-0.25, -0.2) is 4.79 Å². The third-order valence-electron chi connectivity index (χ3n) is 3.17. The van der Waals surface area contributed by atoms with E-state index in [1.165, 1.54) is 5.01 Å². The Balaban J connectivity index is 2.51. The normalized spacial score (nSPS) is 10.7. The summed E-state index contributed by atoms with van der Waals surface area (Å²) >= 11 is 5.20. The molecule has 0 radical (unpaired) electrons. The lowest BCUT2D eigenvalue weighted by molar-refractivity contribution is 0.0635. The molecule has 0 bridgehead atoms. The summed E-state index contributed by atoms with van der Waals surface area (Å²) in [5.74, 6) is -0.317. The number of carbonyl (C=O) groups is 2. The van der Waals surface area contributed by atoms with E-state index in [1.54, 1.807) is 59.2 Å². The average molecular weight is 397 g/mol. The first-order valence-corrected chi connectivity index (χ1v) is 8.95. The highest BCUT2D eigenvalue weighted by Gasteiger charge is 2.16. The summed E-state index contributed by atoms with van der Waals surface area (Å²) in [4.78, 5) is 24.0. The second kappa shape index (κ2) is 10.7. The van der Waals surface area contributed by atoms with Gasteiger partial charge in [-0.05, 0) is 63.7 Å². The van der Waals surface area contributed by atoms with E-state index in [0.717, 1.165) is 6.42 Å². The quantitative estimate of drug-likeness (QED) is 0.387. The van der Waals surface area contributed by atoms with E-state index < -0.39 is 11.7 Å². The van der Waals surface area contributed by atoms with E-state index in [0.29, 0.717) is 29.5 Å². The highest BCUT2D eigenvalue weighted by molar-refractivity contribution is 7.80. The highest BCUT2D eigenvalue weighted by atomic mass is 32.1. The lowest BCUT2D eigenvalue weighted by Crippen LogP contribution is -2.48. The number of methoxy groups -OCH3 is 1. The molecule has 8 nitrogen and oxygen atoms in total. The van der Waals surface area contributed by atoms with E-state index in [9.17, 15) is 9.59 Å². The van der Waals surface area contributed by atoms with Gasteiger partial charge in [-0.1, -0.05) is 0 Å². The Hall–Kier alpha value is -2.39. The first kappa shape index (κ1) is 22.7. The molecule has 0 heterocycles. The van der Waals surface area contributed by atoms with Crippen LogP contribution in [0.4, 0.5) is 10.5 Å². The maximum Gasteiger partial charge on any atom is 0.412 e. The third kappa shape index (κ3) is 9.20. The van der Waals surface area contributed by atoms with Crippen molar-refractivity contribution in [1.82, 2.24) is 15.8 Å². The molecule has 0 aliphatic carbocycles. The smallest absolute Gasteiger partial charge is 0.412 e. The van der Waals surface area contributed by atoms with Gasteiger partial charge >= 0.3 is 6.09 Å². The molecule has 1 aromatic carbocycles. The number of nitrogens with zero attached hydrogens (tertiary/aromatic N) is 1. The monoisotopic (exact) mass is 396 g/mol.